The number of rotatable bonds is 16. The number of aromatic nitrogens is 2. The molecule has 0 spiro atoms. The maximum atomic E-state index is 13.4. The van der Waals surface area contributed by atoms with Crippen molar-refractivity contribution in [2.24, 2.45) is 0 Å². The van der Waals surface area contributed by atoms with E-state index in [9.17, 15) is 33.6 Å². The van der Waals surface area contributed by atoms with Crippen LogP contribution in [0.15, 0.2) is 15.8 Å². The van der Waals surface area contributed by atoms with Gasteiger partial charge in [-0.25, -0.2) is 18.4 Å². The number of unbranched alkanes of at least 4 members (excludes halogenated alkanes) is 5. The van der Waals surface area contributed by atoms with Gasteiger partial charge in [-0.05, 0) is 25.7 Å². The van der Waals surface area contributed by atoms with Crippen molar-refractivity contribution in [2.75, 3.05) is 12.8 Å². The molecule has 1 aliphatic rings. The topological polar surface area (TPSA) is 230 Å². The summed E-state index contributed by atoms with van der Waals surface area (Å²) < 4.78 is 43.6. The fourth-order valence-electron chi connectivity index (χ4n) is 3.87. The molecule has 0 aliphatic carbocycles. The molecule has 0 bridgehead atoms. The Bertz CT molecular complexity index is 1450. The number of terminal acetylenes is 2. The second-order valence-electron chi connectivity index (χ2n) is 9.30. The van der Waals surface area contributed by atoms with Gasteiger partial charge < -0.3 is 29.4 Å². The van der Waals surface area contributed by atoms with Crippen LogP contribution in [0, 0.1) is 36.5 Å². The van der Waals surface area contributed by atoms with Gasteiger partial charge in [0, 0.05) is 37.5 Å². The van der Waals surface area contributed by atoms with E-state index >= 15 is 0 Å². The lowest BCUT2D eigenvalue weighted by atomic mass is 10.1. The summed E-state index contributed by atoms with van der Waals surface area (Å²) in [5.74, 6) is 10.5. The van der Waals surface area contributed by atoms with Crippen molar-refractivity contribution in [2.45, 2.75) is 75.5 Å². The maximum Gasteiger partial charge on any atom is 0.517 e. The monoisotopic (exact) mass is 682 g/mol. The Morgan fingerprint density at radius 3 is 2.37 bits per heavy atom. The third-order valence-corrected chi connectivity index (χ3v) is 11.5. The number of H-pyrrole nitrogens is 1. The third-order valence-electron chi connectivity index (χ3n) is 5.88. The van der Waals surface area contributed by atoms with E-state index in [2.05, 4.69) is 46.5 Å². The Morgan fingerprint density at radius 1 is 1.12 bits per heavy atom. The summed E-state index contributed by atoms with van der Waals surface area (Å²) in [4.78, 5) is 67.9. The molecule has 2 rings (SSSR count). The molecule has 43 heavy (non-hydrogen) atoms. The molecule has 2 heterocycles. The number of aromatic amines is 1. The highest BCUT2D eigenvalue weighted by molar-refractivity contribution is 7.70. The van der Waals surface area contributed by atoms with Crippen molar-refractivity contribution in [3.63, 3.8) is 0 Å². The summed E-state index contributed by atoms with van der Waals surface area (Å²) >= 11 is 0. The second-order valence-corrected chi connectivity index (χ2v) is 15.2. The largest absolute Gasteiger partial charge is 0.631 e. The van der Waals surface area contributed by atoms with Gasteiger partial charge in [0.2, 0.25) is 0 Å². The molecule has 7 atom stereocenters. The van der Waals surface area contributed by atoms with Gasteiger partial charge in [-0.3, -0.25) is 14.3 Å². The zero-order chi connectivity index (χ0) is 32.3. The van der Waals surface area contributed by atoms with Gasteiger partial charge in [0.05, 0.1) is 18.8 Å². The van der Waals surface area contributed by atoms with Gasteiger partial charge in [0.25, 0.3) is 13.5 Å². The van der Waals surface area contributed by atoms with Crippen LogP contribution in [0.1, 0.15) is 63.2 Å². The van der Waals surface area contributed by atoms with Crippen molar-refractivity contribution in [1.82, 2.24) is 9.55 Å². The van der Waals surface area contributed by atoms with Crippen molar-refractivity contribution in [1.29, 1.82) is 0 Å². The van der Waals surface area contributed by atoms with Crippen LogP contribution in [0.2, 0.25) is 0 Å². The van der Waals surface area contributed by atoms with Crippen molar-refractivity contribution >= 4 is 32.8 Å². The Kier molecular flexibility index (Phi) is 14.9. The lowest BCUT2D eigenvalue weighted by Crippen LogP contribution is -2.36. The SMILES string of the molecule is C#CCCCCC#Cc1cn([C@@H]2O[C@H](CC[P+]([O-])(OCCCCC#C)OP(=O)(O)OP(=O)(O)O)[C@H](O)C2P)c(=O)[nH]c1=O. The zero-order valence-electron chi connectivity index (χ0n) is 22.9. The average Bonchev–Trinajstić information content (AvgIpc) is 3.17. The predicted octanol–water partition coefficient (Wildman–Crippen LogP) is 1.14. The number of aliphatic hydroxyl groups is 1. The lowest BCUT2D eigenvalue weighted by Gasteiger charge is -2.29. The quantitative estimate of drug-likeness (QED) is 0.0937. The van der Waals surface area contributed by atoms with Gasteiger partial charge in [-0.15, -0.1) is 38.2 Å². The summed E-state index contributed by atoms with van der Waals surface area (Å²) in [6.45, 7) is -0.252. The molecule has 0 amide bonds. The van der Waals surface area contributed by atoms with Gasteiger partial charge in [-0.2, -0.15) is 4.31 Å². The van der Waals surface area contributed by atoms with Crippen LogP contribution < -0.4 is 16.1 Å². The molecule has 19 heteroatoms. The normalized spacial score (nSPS) is 22.9. The highest BCUT2D eigenvalue weighted by Crippen LogP contribution is 2.70. The standard InChI is InChI=1S/C24H34N2O13P4/c1-3-5-7-9-10-11-13-18-17-26(24(29)25-22(18)28)23-21(40)20(27)19(37-23)14-16-41(30,36-15-12-8-6-4-2)38-43(34,35)39-42(31,32)33/h1-2,17,19-21,23,27H,5-10,12,14-16,40H2,(H,34,35)(H,25,28,29)(H2,31,32,33)/t19-,20+,21?,23-,41?/m1/s1. The molecular weight excluding hydrogens is 648 g/mol. The first kappa shape index (κ1) is 37.5. The molecule has 1 saturated heterocycles. The maximum absolute atomic E-state index is 13.4. The van der Waals surface area contributed by atoms with E-state index in [-0.39, 0.29) is 25.0 Å². The highest BCUT2D eigenvalue weighted by Gasteiger charge is 2.48. The summed E-state index contributed by atoms with van der Waals surface area (Å²) in [5, 5.41) is 10.8. The van der Waals surface area contributed by atoms with Crippen LogP contribution in [-0.4, -0.2) is 60.0 Å². The number of aliphatic hydroxyl groups excluding tert-OH is 1. The average molecular weight is 682 g/mol. The minimum Gasteiger partial charge on any atom is -0.631 e. The molecular formula is C24H34N2O13P4. The van der Waals surface area contributed by atoms with E-state index in [1.807, 2.05) is 0 Å². The van der Waals surface area contributed by atoms with E-state index in [0.717, 1.165) is 17.4 Å². The van der Waals surface area contributed by atoms with E-state index in [1.54, 1.807) is 0 Å². The first-order valence-corrected chi connectivity index (χ1v) is 18.4. The number of ether oxygens (including phenoxy) is 1. The van der Waals surface area contributed by atoms with Crippen molar-refractivity contribution < 1.29 is 51.7 Å². The van der Waals surface area contributed by atoms with E-state index in [0.29, 0.717) is 25.7 Å². The third kappa shape index (κ3) is 12.7. The minimum absolute atomic E-state index is 0.0184. The molecule has 4 unspecified atom stereocenters. The number of hydrogen-bond donors (Lipinski definition) is 5. The van der Waals surface area contributed by atoms with Crippen molar-refractivity contribution in [3.8, 4) is 36.5 Å². The lowest BCUT2D eigenvalue weighted by molar-refractivity contribution is -0.212. The Morgan fingerprint density at radius 2 is 1.74 bits per heavy atom. The van der Waals surface area contributed by atoms with Gasteiger partial charge in [0.15, 0.2) is 0 Å². The van der Waals surface area contributed by atoms with Crippen LogP contribution in [0.4, 0.5) is 0 Å². The summed E-state index contributed by atoms with van der Waals surface area (Å²) in [6.07, 6.45) is 10.8. The molecule has 1 aromatic rings. The van der Waals surface area contributed by atoms with Crippen LogP contribution in [-0.2, 0) is 27.0 Å². The molecule has 0 radical (unpaired) electrons. The molecule has 1 fully saturated rings. The summed E-state index contributed by atoms with van der Waals surface area (Å²) in [6, 6.07) is 0. The molecule has 0 saturated carbocycles. The fraction of sp³-hybridized carbons (Fsp3) is 0.583. The molecule has 1 aliphatic heterocycles. The van der Waals surface area contributed by atoms with Gasteiger partial charge in [0.1, 0.15) is 18.0 Å². The molecule has 15 nitrogen and oxygen atoms in total. The van der Waals surface area contributed by atoms with E-state index in [1.165, 1.54) is 6.20 Å². The van der Waals surface area contributed by atoms with E-state index in [4.69, 9.17) is 31.9 Å². The summed E-state index contributed by atoms with van der Waals surface area (Å²) in [7, 11) is -13.4. The first-order chi connectivity index (χ1) is 20.1. The minimum atomic E-state index is -5.57. The first-order valence-electron chi connectivity index (χ1n) is 13.0. The highest BCUT2D eigenvalue weighted by atomic mass is 31.3. The number of nitrogens with zero attached hydrogens (tertiary/aromatic N) is 1. The summed E-state index contributed by atoms with van der Waals surface area (Å²) in [5.41, 5.74) is -2.38. The smallest absolute Gasteiger partial charge is 0.517 e. The molecule has 238 valence electrons. The van der Waals surface area contributed by atoms with Crippen LogP contribution in [0.25, 0.3) is 0 Å². The zero-order valence-corrected chi connectivity index (χ0v) is 26.8. The second kappa shape index (κ2) is 17.1. The van der Waals surface area contributed by atoms with Crippen LogP contribution >= 0.6 is 32.8 Å². The van der Waals surface area contributed by atoms with Crippen LogP contribution in [0.5, 0.6) is 0 Å². The fourth-order valence-corrected chi connectivity index (χ4v) is 8.74. The number of nitrogens with one attached hydrogen (secondary N) is 1. The Balaban J connectivity index is 2.20. The molecule has 0 aromatic carbocycles. The predicted molar refractivity (Wildman–Crippen MR) is 158 cm³/mol. The molecule has 5 N–H and O–H groups in total. The Hall–Kier alpha value is -1.68. The number of phosphoric acid groups is 2. The number of hydrogen-bond acceptors (Lipinski definition) is 10. The Labute approximate surface area is 251 Å². The molecule has 1 aromatic heterocycles. The van der Waals surface area contributed by atoms with Gasteiger partial charge in [-0.1, -0.05) is 11.8 Å². The van der Waals surface area contributed by atoms with Crippen molar-refractivity contribution in [3.05, 3.63) is 32.6 Å². The van der Waals surface area contributed by atoms with E-state index < -0.39 is 65.1 Å². The van der Waals surface area contributed by atoms with Gasteiger partial charge >= 0.3 is 21.3 Å². The van der Waals surface area contributed by atoms with Crippen LogP contribution in [0.3, 0.4) is 0 Å².